The Labute approximate surface area is 161 Å². The Morgan fingerprint density at radius 2 is 2.00 bits per heavy atom. The Morgan fingerprint density at radius 1 is 1.18 bits per heavy atom. The van der Waals surface area contributed by atoms with Crippen molar-refractivity contribution in [2.45, 2.75) is 13.5 Å². The van der Waals surface area contributed by atoms with Crippen LogP contribution in [0.2, 0.25) is 0 Å². The molecule has 0 unspecified atom stereocenters. The van der Waals surface area contributed by atoms with Gasteiger partial charge in [-0.2, -0.15) is 5.10 Å². The average Bonchev–Trinajstić information content (AvgIpc) is 3.05. The fraction of sp³-hybridized carbons (Fsp3) is 0.238. The van der Waals surface area contributed by atoms with E-state index in [4.69, 9.17) is 0 Å². The molecule has 1 aliphatic rings. The average molecular weight is 382 g/mol. The number of aryl methyl sites for hydroxylation is 1. The summed E-state index contributed by atoms with van der Waals surface area (Å²) in [5.41, 5.74) is 3.78. The molecule has 1 aliphatic heterocycles. The van der Waals surface area contributed by atoms with Gasteiger partial charge in [-0.15, -0.1) is 0 Å². The minimum absolute atomic E-state index is 0.0133. The molecular weight excluding hydrogens is 362 g/mol. The van der Waals surface area contributed by atoms with Crippen LogP contribution in [0.15, 0.2) is 48.7 Å². The number of rotatable bonds is 4. The van der Waals surface area contributed by atoms with Crippen molar-refractivity contribution < 1.29 is 13.6 Å². The summed E-state index contributed by atoms with van der Waals surface area (Å²) in [6.45, 7) is 4.14. The number of nitrogens with zero attached hydrogens (tertiary/aromatic N) is 3. The molecule has 0 spiro atoms. The van der Waals surface area contributed by atoms with Gasteiger partial charge in [0.2, 0.25) is 5.91 Å². The second-order valence-corrected chi connectivity index (χ2v) is 6.92. The minimum Gasteiger partial charge on any atom is -0.354 e. The number of hydrogen-bond acceptors (Lipinski definition) is 3. The van der Waals surface area contributed by atoms with E-state index >= 15 is 0 Å². The molecule has 28 heavy (non-hydrogen) atoms. The number of halogens is 2. The SMILES string of the molecule is Cc1ccccc1-c1nn(-c2ccc(F)cc2F)cc1CN1CCNC(=O)C1. The molecule has 3 aromatic rings. The molecule has 1 saturated heterocycles. The first-order valence-electron chi connectivity index (χ1n) is 9.10. The zero-order valence-corrected chi connectivity index (χ0v) is 15.5. The summed E-state index contributed by atoms with van der Waals surface area (Å²) in [7, 11) is 0. The summed E-state index contributed by atoms with van der Waals surface area (Å²) >= 11 is 0. The van der Waals surface area contributed by atoms with Crippen molar-refractivity contribution in [3.05, 3.63) is 71.4 Å². The van der Waals surface area contributed by atoms with Gasteiger partial charge >= 0.3 is 0 Å². The van der Waals surface area contributed by atoms with Crippen LogP contribution >= 0.6 is 0 Å². The van der Waals surface area contributed by atoms with Gasteiger partial charge in [-0.1, -0.05) is 24.3 Å². The van der Waals surface area contributed by atoms with E-state index in [1.807, 2.05) is 36.1 Å². The van der Waals surface area contributed by atoms with Crippen molar-refractivity contribution in [1.82, 2.24) is 20.0 Å². The third kappa shape index (κ3) is 3.66. The highest BCUT2D eigenvalue weighted by atomic mass is 19.1. The maximum atomic E-state index is 14.3. The van der Waals surface area contributed by atoms with Gasteiger partial charge in [-0.3, -0.25) is 9.69 Å². The van der Waals surface area contributed by atoms with Crippen LogP contribution in [-0.2, 0) is 11.3 Å². The van der Waals surface area contributed by atoms with E-state index < -0.39 is 11.6 Å². The number of nitrogens with one attached hydrogen (secondary N) is 1. The minimum atomic E-state index is -0.678. The van der Waals surface area contributed by atoms with Crippen LogP contribution in [0.1, 0.15) is 11.1 Å². The molecule has 2 aromatic carbocycles. The summed E-state index contributed by atoms with van der Waals surface area (Å²) < 4.78 is 29.0. The highest BCUT2D eigenvalue weighted by Gasteiger charge is 2.21. The number of piperazine rings is 1. The standard InChI is InChI=1S/C21H20F2N4O/c1-14-4-2-3-5-17(14)21-15(11-26-9-8-24-20(28)13-26)12-27(25-21)19-7-6-16(22)10-18(19)23/h2-7,10,12H,8-9,11,13H2,1H3,(H,24,28). The van der Waals surface area contributed by atoms with E-state index in [1.54, 1.807) is 6.20 Å². The topological polar surface area (TPSA) is 50.2 Å². The van der Waals surface area contributed by atoms with Crippen LogP contribution in [0, 0.1) is 18.6 Å². The lowest BCUT2D eigenvalue weighted by atomic mass is 10.0. The maximum Gasteiger partial charge on any atom is 0.234 e. The summed E-state index contributed by atoms with van der Waals surface area (Å²) in [6.07, 6.45) is 1.75. The van der Waals surface area contributed by atoms with Crippen LogP contribution < -0.4 is 5.32 Å². The molecule has 0 aliphatic carbocycles. The third-order valence-corrected chi connectivity index (χ3v) is 4.86. The fourth-order valence-corrected chi connectivity index (χ4v) is 3.45. The van der Waals surface area contributed by atoms with E-state index in [0.717, 1.165) is 35.0 Å². The summed E-state index contributed by atoms with van der Waals surface area (Å²) in [5, 5.41) is 7.42. The van der Waals surface area contributed by atoms with Crippen LogP contribution in [0.4, 0.5) is 8.78 Å². The van der Waals surface area contributed by atoms with Crippen molar-refractivity contribution in [1.29, 1.82) is 0 Å². The molecule has 4 rings (SSSR count). The molecule has 1 amide bonds. The van der Waals surface area contributed by atoms with Gasteiger partial charge in [0.25, 0.3) is 0 Å². The van der Waals surface area contributed by atoms with Crippen LogP contribution in [0.5, 0.6) is 0 Å². The molecular formula is C21H20F2N4O. The molecule has 7 heteroatoms. The summed E-state index contributed by atoms with van der Waals surface area (Å²) in [6, 6.07) is 11.3. The van der Waals surface area contributed by atoms with Gasteiger partial charge < -0.3 is 5.32 Å². The van der Waals surface area contributed by atoms with Gasteiger partial charge in [0, 0.05) is 43.0 Å². The van der Waals surface area contributed by atoms with E-state index in [-0.39, 0.29) is 11.6 Å². The van der Waals surface area contributed by atoms with Crippen LogP contribution in [0.3, 0.4) is 0 Å². The predicted octanol–water partition coefficient (Wildman–Crippen LogP) is 3.06. The van der Waals surface area contributed by atoms with Crippen LogP contribution in [-0.4, -0.2) is 40.2 Å². The Kier molecular flexibility index (Phi) is 4.92. The van der Waals surface area contributed by atoms with Crippen LogP contribution in [0.25, 0.3) is 16.9 Å². The zero-order chi connectivity index (χ0) is 19.7. The molecule has 0 atom stereocenters. The number of carbonyl (C=O) groups is 1. The number of hydrogen-bond donors (Lipinski definition) is 1. The number of carbonyl (C=O) groups excluding carboxylic acids is 1. The lowest BCUT2D eigenvalue weighted by Gasteiger charge is -2.26. The molecule has 0 radical (unpaired) electrons. The number of benzene rings is 2. The molecule has 2 heterocycles. The van der Waals surface area contributed by atoms with E-state index in [0.29, 0.717) is 19.6 Å². The fourth-order valence-electron chi connectivity index (χ4n) is 3.45. The quantitative estimate of drug-likeness (QED) is 0.755. The van der Waals surface area contributed by atoms with Crippen molar-refractivity contribution >= 4 is 5.91 Å². The Balaban J connectivity index is 1.77. The van der Waals surface area contributed by atoms with Gasteiger partial charge in [-0.25, -0.2) is 13.5 Å². The Morgan fingerprint density at radius 3 is 2.75 bits per heavy atom. The molecule has 1 N–H and O–H groups in total. The monoisotopic (exact) mass is 382 g/mol. The lowest BCUT2D eigenvalue weighted by Crippen LogP contribution is -2.47. The van der Waals surface area contributed by atoms with Crippen molar-refractivity contribution in [3.63, 3.8) is 0 Å². The van der Waals surface area contributed by atoms with Gasteiger partial charge in [0.15, 0.2) is 5.82 Å². The molecule has 144 valence electrons. The highest BCUT2D eigenvalue weighted by Crippen LogP contribution is 2.28. The highest BCUT2D eigenvalue weighted by molar-refractivity contribution is 5.78. The maximum absolute atomic E-state index is 14.3. The van der Waals surface area contributed by atoms with Crippen molar-refractivity contribution in [2.75, 3.05) is 19.6 Å². The normalized spacial score (nSPS) is 14.9. The van der Waals surface area contributed by atoms with Gasteiger partial charge in [-0.05, 0) is 24.6 Å². The predicted molar refractivity (Wildman–Crippen MR) is 102 cm³/mol. The molecule has 5 nitrogen and oxygen atoms in total. The first-order chi connectivity index (χ1) is 13.5. The Bertz CT molecular complexity index is 1030. The zero-order valence-electron chi connectivity index (χ0n) is 15.5. The molecule has 1 fully saturated rings. The number of amides is 1. The Hall–Kier alpha value is -3.06. The molecule has 0 saturated carbocycles. The number of aromatic nitrogens is 2. The smallest absolute Gasteiger partial charge is 0.234 e. The largest absolute Gasteiger partial charge is 0.354 e. The van der Waals surface area contributed by atoms with E-state index in [9.17, 15) is 13.6 Å². The van der Waals surface area contributed by atoms with Gasteiger partial charge in [0.05, 0.1) is 12.2 Å². The first-order valence-corrected chi connectivity index (χ1v) is 9.10. The first kappa shape index (κ1) is 18.3. The second kappa shape index (κ2) is 7.52. The van der Waals surface area contributed by atoms with E-state index in [2.05, 4.69) is 10.4 Å². The van der Waals surface area contributed by atoms with E-state index in [1.165, 1.54) is 16.8 Å². The molecule has 0 bridgehead atoms. The third-order valence-electron chi connectivity index (χ3n) is 4.86. The van der Waals surface area contributed by atoms with Crippen molar-refractivity contribution in [2.24, 2.45) is 0 Å². The van der Waals surface area contributed by atoms with Gasteiger partial charge in [0.1, 0.15) is 11.5 Å². The second-order valence-electron chi connectivity index (χ2n) is 6.92. The summed E-state index contributed by atoms with van der Waals surface area (Å²) in [5.74, 6) is -1.32. The van der Waals surface area contributed by atoms with Crippen molar-refractivity contribution in [3.8, 4) is 16.9 Å². The lowest BCUT2D eigenvalue weighted by molar-refractivity contribution is -0.124. The molecule has 1 aromatic heterocycles. The summed E-state index contributed by atoms with van der Waals surface area (Å²) in [4.78, 5) is 13.7.